The van der Waals surface area contributed by atoms with E-state index in [1.807, 2.05) is 22.8 Å². The number of hydrogen-bond donors (Lipinski definition) is 1. The minimum Gasteiger partial charge on any atom is -0.367 e. The van der Waals surface area contributed by atoms with Crippen LogP contribution in [0.5, 0.6) is 0 Å². The van der Waals surface area contributed by atoms with Gasteiger partial charge in [-0.1, -0.05) is 18.2 Å². The van der Waals surface area contributed by atoms with Gasteiger partial charge in [-0.05, 0) is 60.9 Å². The van der Waals surface area contributed by atoms with E-state index >= 15 is 0 Å². The summed E-state index contributed by atoms with van der Waals surface area (Å²) in [4.78, 5) is 26.5. The predicted molar refractivity (Wildman–Crippen MR) is 158 cm³/mol. The molecule has 5 rings (SSSR count). The SMILES string of the molecule is Cc1cc(C)c(C(=O)N2CCN(c3ccccc3S(N)(=O)=O)CC2)cc1CN1CCN(c2ncccc2C#N)CC1. The molecule has 2 aliphatic heterocycles. The van der Waals surface area contributed by atoms with E-state index in [1.54, 1.807) is 36.5 Å². The fraction of sp³-hybridized carbons (Fsp3) is 0.367. The van der Waals surface area contributed by atoms with Crippen molar-refractivity contribution in [1.29, 1.82) is 5.26 Å². The summed E-state index contributed by atoms with van der Waals surface area (Å²) in [5.74, 6) is 0.731. The second kappa shape index (κ2) is 11.9. The van der Waals surface area contributed by atoms with Crippen molar-refractivity contribution in [1.82, 2.24) is 14.8 Å². The standard InChI is InChI=1S/C30H35N7O3S/c1-22-18-23(2)26(19-25(22)21-34-10-12-36(13-11-34)29-24(20-31)6-5-9-33-29)30(38)37-16-14-35(15-17-37)27-7-3-4-8-28(27)41(32,39)40/h3-9,18-19H,10-17,21H2,1-2H3,(H2,32,39,40). The molecule has 0 unspecified atom stereocenters. The lowest BCUT2D eigenvalue weighted by Gasteiger charge is -2.37. The molecular weight excluding hydrogens is 538 g/mol. The number of nitrogens with two attached hydrogens (primary N) is 1. The first-order chi connectivity index (χ1) is 19.7. The summed E-state index contributed by atoms with van der Waals surface area (Å²) in [6, 6.07) is 16.7. The molecule has 2 aliphatic rings. The summed E-state index contributed by atoms with van der Waals surface area (Å²) in [6.45, 7) is 10.0. The van der Waals surface area contributed by atoms with Crippen LogP contribution in [0.4, 0.5) is 11.5 Å². The molecule has 0 radical (unpaired) electrons. The zero-order chi connectivity index (χ0) is 29.1. The monoisotopic (exact) mass is 573 g/mol. The summed E-state index contributed by atoms with van der Waals surface area (Å²) in [5.41, 5.74) is 5.10. The molecule has 11 heteroatoms. The van der Waals surface area contributed by atoms with Crippen LogP contribution in [-0.2, 0) is 16.6 Å². The molecule has 2 saturated heterocycles. The first kappa shape index (κ1) is 28.5. The number of anilines is 2. The van der Waals surface area contributed by atoms with Crippen molar-refractivity contribution in [3.8, 4) is 6.07 Å². The molecule has 1 aromatic heterocycles. The lowest BCUT2D eigenvalue weighted by molar-refractivity contribution is 0.0745. The Bertz CT molecular complexity index is 1590. The van der Waals surface area contributed by atoms with Gasteiger partial charge >= 0.3 is 0 Å². The summed E-state index contributed by atoms with van der Waals surface area (Å²) in [7, 11) is -3.85. The molecule has 41 heavy (non-hydrogen) atoms. The van der Waals surface area contributed by atoms with Gasteiger partial charge in [0.05, 0.1) is 11.3 Å². The van der Waals surface area contributed by atoms with Gasteiger partial charge in [-0.25, -0.2) is 18.5 Å². The van der Waals surface area contributed by atoms with Crippen molar-refractivity contribution in [2.24, 2.45) is 5.14 Å². The summed E-state index contributed by atoms with van der Waals surface area (Å²) >= 11 is 0. The van der Waals surface area contributed by atoms with Gasteiger partial charge in [0.1, 0.15) is 16.8 Å². The third kappa shape index (κ3) is 6.20. The van der Waals surface area contributed by atoms with E-state index < -0.39 is 10.0 Å². The highest BCUT2D eigenvalue weighted by molar-refractivity contribution is 7.89. The molecule has 0 aliphatic carbocycles. The van der Waals surface area contributed by atoms with Crippen LogP contribution in [0.1, 0.15) is 32.6 Å². The number of amides is 1. The number of para-hydroxylation sites is 1. The number of pyridine rings is 1. The number of sulfonamides is 1. The third-order valence-corrected chi connectivity index (χ3v) is 8.92. The Morgan fingerprint density at radius 3 is 2.29 bits per heavy atom. The van der Waals surface area contributed by atoms with Crippen molar-refractivity contribution < 1.29 is 13.2 Å². The smallest absolute Gasteiger partial charge is 0.254 e. The average molecular weight is 574 g/mol. The normalized spacial score (nSPS) is 16.5. The molecule has 1 amide bonds. The van der Waals surface area contributed by atoms with E-state index in [0.29, 0.717) is 43.0 Å². The lowest BCUT2D eigenvalue weighted by atomic mass is 9.98. The number of hydrogen-bond acceptors (Lipinski definition) is 8. The fourth-order valence-corrected chi connectivity index (χ4v) is 6.43. The van der Waals surface area contributed by atoms with Crippen molar-refractivity contribution in [3.63, 3.8) is 0 Å². The molecule has 214 valence electrons. The Morgan fingerprint density at radius 2 is 1.61 bits per heavy atom. The maximum Gasteiger partial charge on any atom is 0.254 e. The molecule has 2 N–H and O–H groups in total. The lowest BCUT2D eigenvalue weighted by Crippen LogP contribution is -2.49. The Morgan fingerprint density at radius 1 is 0.927 bits per heavy atom. The number of nitrogens with zero attached hydrogens (tertiary/aromatic N) is 6. The Kier molecular flexibility index (Phi) is 8.26. The largest absolute Gasteiger partial charge is 0.367 e. The first-order valence-corrected chi connectivity index (χ1v) is 15.3. The van der Waals surface area contributed by atoms with Gasteiger partial charge in [-0.3, -0.25) is 9.69 Å². The van der Waals surface area contributed by atoms with E-state index in [4.69, 9.17) is 5.14 Å². The number of benzene rings is 2. The number of rotatable bonds is 6. The zero-order valence-electron chi connectivity index (χ0n) is 23.5. The number of carbonyl (C=O) groups is 1. The van der Waals surface area contributed by atoms with Gasteiger partial charge in [0.25, 0.3) is 5.91 Å². The van der Waals surface area contributed by atoms with Crippen LogP contribution < -0.4 is 14.9 Å². The second-order valence-corrected chi connectivity index (χ2v) is 12.2. The van der Waals surface area contributed by atoms with Gasteiger partial charge in [-0.15, -0.1) is 0 Å². The van der Waals surface area contributed by atoms with E-state index in [0.717, 1.165) is 55.2 Å². The molecule has 0 atom stereocenters. The van der Waals surface area contributed by atoms with Crippen LogP contribution in [-0.4, -0.2) is 81.5 Å². The van der Waals surface area contributed by atoms with Crippen molar-refractivity contribution in [2.45, 2.75) is 25.3 Å². The zero-order valence-corrected chi connectivity index (χ0v) is 24.3. The number of primary sulfonamides is 1. The van der Waals surface area contributed by atoms with Crippen molar-refractivity contribution in [3.05, 3.63) is 82.5 Å². The van der Waals surface area contributed by atoms with Crippen LogP contribution in [0.15, 0.2) is 59.6 Å². The van der Waals surface area contributed by atoms with E-state index in [9.17, 15) is 18.5 Å². The summed E-state index contributed by atoms with van der Waals surface area (Å²) < 4.78 is 24.1. The third-order valence-electron chi connectivity index (χ3n) is 7.97. The number of piperazine rings is 2. The van der Waals surface area contributed by atoms with Crippen LogP contribution in [0.3, 0.4) is 0 Å². The maximum atomic E-state index is 13.6. The summed E-state index contributed by atoms with van der Waals surface area (Å²) in [6.07, 6.45) is 1.72. The predicted octanol–water partition coefficient (Wildman–Crippen LogP) is 2.50. The van der Waals surface area contributed by atoms with Crippen molar-refractivity contribution in [2.75, 3.05) is 62.2 Å². The number of aromatic nitrogens is 1. The topological polar surface area (TPSA) is 127 Å². The molecule has 10 nitrogen and oxygen atoms in total. The van der Waals surface area contributed by atoms with Gasteiger partial charge in [-0.2, -0.15) is 5.26 Å². The van der Waals surface area contributed by atoms with Crippen LogP contribution in [0, 0.1) is 25.2 Å². The summed E-state index contributed by atoms with van der Waals surface area (Å²) in [5, 5.41) is 14.9. The van der Waals surface area contributed by atoms with Gasteiger partial charge in [0.2, 0.25) is 10.0 Å². The molecule has 3 heterocycles. The van der Waals surface area contributed by atoms with Crippen LogP contribution in [0.2, 0.25) is 0 Å². The molecule has 0 saturated carbocycles. The second-order valence-electron chi connectivity index (χ2n) is 10.6. The minimum atomic E-state index is -3.85. The molecule has 3 aromatic rings. The molecule has 0 spiro atoms. The average Bonchev–Trinajstić information content (AvgIpc) is 2.98. The number of nitriles is 1. The highest BCUT2D eigenvalue weighted by atomic mass is 32.2. The minimum absolute atomic E-state index is 0.00728. The molecule has 2 aromatic carbocycles. The van der Waals surface area contributed by atoms with E-state index in [-0.39, 0.29) is 10.8 Å². The van der Waals surface area contributed by atoms with E-state index in [1.165, 1.54) is 6.07 Å². The fourth-order valence-electron chi connectivity index (χ4n) is 5.67. The quantitative estimate of drug-likeness (QED) is 0.477. The molecule has 2 fully saturated rings. The highest BCUT2D eigenvalue weighted by Crippen LogP contribution is 2.27. The molecule has 0 bridgehead atoms. The van der Waals surface area contributed by atoms with Crippen molar-refractivity contribution >= 4 is 27.4 Å². The van der Waals surface area contributed by atoms with Gasteiger partial charge in [0, 0.05) is 70.7 Å². The first-order valence-electron chi connectivity index (χ1n) is 13.7. The van der Waals surface area contributed by atoms with E-state index in [2.05, 4.69) is 33.8 Å². The number of aryl methyl sites for hydroxylation is 2. The van der Waals surface area contributed by atoms with Gasteiger partial charge in [0.15, 0.2) is 0 Å². The van der Waals surface area contributed by atoms with Gasteiger partial charge < -0.3 is 14.7 Å². The van der Waals surface area contributed by atoms with Crippen LogP contribution >= 0.6 is 0 Å². The highest BCUT2D eigenvalue weighted by Gasteiger charge is 2.27. The Hall–Kier alpha value is -3.98. The number of carbonyl (C=O) groups excluding carboxylic acids is 1. The maximum absolute atomic E-state index is 13.6. The van der Waals surface area contributed by atoms with Crippen LogP contribution in [0.25, 0.3) is 0 Å². The Labute approximate surface area is 241 Å². The molecular formula is C30H35N7O3S. The Balaban J connectivity index is 1.24.